The van der Waals surface area contributed by atoms with Gasteiger partial charge in [-0.05, 0) is 98.2 Å². The molecule has 0 aliphatic heterocycles. The first-order chi connectivity index (χ1) is 10.6. The lowest BCUT2D eigenvalue weighted by molar-refractivity contribution is -0.0974. The summed E-state index contributed by atoms with van der Waals surface area (Å²) in [6.07, 6.45) is 17.3. The summed E-state index contributed by atoms with van der Waals surface area (Å²) in [6.45, 7) is 5.60. The van der Waals surface area contributed by atoms with E-state index in [4.69, 9.17) is 0 Å². The van der Waals surface area contributed by atoms with Crippen LogP contribution in [0.1, 0.15) is 71.6 Å². The Morgan fingerprint density at radius 3 is 2.59 bits per heavy atom. The molecule has 0 aromatic heterocycles. The van der Waals surface area contributed by atoms with Gasteiger partial charge in [-0.2, -0.15) is 0 Å². The van der Waals surface area contributed by atoms with E-state index in [2.05, 4.69) is 26.0 Å². The molecule has 4 aliphatic rings. The van der Waals surface area contributed by atoms with Crippen LogP contribution in [0.5, 0.6) is 0 Å². The van der Waals surface area contributed by atoms with Crippen LogP contribution < -0.4 is 0 Å². The highest BCUT2D eigenvalue weighted by Gasteiger charge is 2.58. The SMILES string of the molecule is C[C@]12CC[C@H]3[C@@H](CCC4CC=CC[C@@]43C)[C@@H]1CC[C@@H]2CCO. The van der Waals surface area contributed by atoms with E-state index in [0.717, 1.165) is 36.0 Å². The molecule has 1 heteroatoms. The second kappa shape index (κ2) is 5.36. The van der Waals surface area contributed by atoms with Gasteiger partial charge in [-0.15, -0.1) is 0 Å². The topological polar surface area (TPSA) is 20.2 Å². The number of aliphatic hydroxyl groups is 1. The second-order valence-electron chi connectivity index (χ2n) is 9.40. The summed E-state index contributed by atoms with van der Waals surface area (Å²) in [6, 6.07) is 0. The molecule has 0 saturated heterocycles. The van der Waals surface area contributed by atoms with E-state index in [1.807, 2.05) is 0 Å². The van der Waals surface area contributed by atoms with Gasteiger partial charge in [0.25, 0.3) is 0 Å². The molecule has 0 bridgehead atoms. The lowest BCUT2D eigenvalue weighted by Gasteiger charge is -2.59. The van der Waals surface area contributed by atoms with Crippen LogP contribution in [0.15, 0.2) is 12.2 Å². The van der Waals surface area contributed by atoms with E-state index in [1.54, 1.807) is 0 Å². The molecule has 7 atom stereocenters. The molecular formula is C21H34O. The molecule has 0 heterocycles. The quantitative estimate of drug-likeness (QED) is 0.696. The van der Waals surface area contributed by atoms with Crippen LogP contribution in [0.4, 0.5) is 0 Å². The summed E-state index contributed by atoms with van der Waals surface area (Å²) in [5.74, 6) is 4.65. The smallest absolute Gasteiger partial charge is 0.0433 e. The highest BCUT2D eigenvalue weighted by atomic mass is 16.3. The zero-order valence-corrected chi connectivity index (χ0v) is 14.6. The molecule has 0 aromatic carbocycles. The maximum atomic E-state index is 9.45. The van der Waals surface area contributed by atoms with Gasteiger partial charge in [0.05, 0.1) is 0 Å². The Bertz CT molecular complexity index is 455. The van der Waals surface area contributed by atoms with Crippen molar-refractivity contribution < 1.29 is 5.11 Å². The molecule has 3 saturated carbocycles. The van der Waals surface area contributed by atoms with Crippen LogP contribution >= 0.6 is 0 Å². The van der Waals surface area contributed by atoms with Gasteiger partial charge in [0.2, 0.25) is 0 Å². The second-order valence-corrected chi connectivity index (χ2v) is 9.40. The average molecular weight is 303 g/mol. The van der Waals surface area contributed by atoms with Crippen molar-refractivity contribution in [1.29, 1.82) is 0 Å². The molecule has 3 fully saturated rings. The van der Waals surface area contributed by atoms with Crippen molar-refractivity contribution in [3.63, 3.8) is 0 Å². The van der Waals surface area contributed by atoms with E-state index in [-0.39, 0.29) is 0 Å². The van der Waals surface area contributed by atoms with Crippen molar-refractivity contribution in [1.82, 2.24) is 0 Å². The first kappa shape index (κ1) is 15.2. The average Bonchev–Trinajstić information content (AvgIpc) is 2.84. The van der Waals surface area contributed by atoms with Crippen LogP contribution in [0.25, 0.3) is 0 Å². The van der Waals surface area contributed by atoms with Crippen molar-refractivity contribution in [3.05, 3.63) is 12.2 Å². The number of rotatable bonds is 2. The van der Waals surface area contributed by atoms with Gasteiger partial charge >= 0.3 is 0 Å². The minimum Gasteiger partial charge on any atom is -0.396 e. The van der Waals surface area contributed by atoms with E-state index >= 15 is 0 Å². The summed E-state index contributed by atoms with van der Waals surface area (Å²) in [5.41, 5.74) is 1.13. The van der Waals surface area contributed by atoms with Crippen molar-refractivity contribution in [2.24, 2.45) is 40.4 Å². The Balaban J connectivity index is 1.61. The molecule has 4 rings (SSSR count). The van der Waals surface area contributed by atoms with Crippen LogP contribution in [0.3, 0.4) is 0 Å². The van der Waals surface area contributed by atoms with E-state index in [1.165, 1.54) is 51.4 Å². The lowest BCUT2D eigenvalue weighted by Crippen LogP contribution is -2.52. The third-order valence-electron chi connectivity index (χ3n) is 8.88. The zero-order valence-electron chi connectivity index (χ0n) is 14.6. The zero-order chi connectivity index (χ0) is 15.4. The Morgan fingerprint density at radius 1 is 0.955 bits per heavy atom. The summed E-state index contributed by atoms with van der Waals surface area (Å²) < 4.78 is 0. The van der Waals surface area contributed by atoms with Gasteiger partial charge in [0, 0.05) is 6.61 Å². The largest absolute Gasteiger partial charge is 0.396 e. The Hall–Kier alpha value is -0.300. The normalized spacial score (nSPS) is 53.7. The maximum absolute atomic E-state index is 9.45. The minimum absolute atomic E-state index is 0.394. The van der Waals surface area contributed by atoms with Crippen molar-refractivity contribution in [3.8, 4) is 0 Å². The highest BCUT2D eigenvalue weighted by Crippen LogP contribution is 2.67. The molecular weight excluding hydrogens is 268 g/mol. The van der Waals surface area contributed by atoms with E-state index < -0.39 is 0 Å². The van der Waals surface area contributed by atoms with Crippen molar-refractivity contribution >= 4 is 0 Å². The maximum Gasteiger partial charge on any atom is 0.0433 e. The summed E-state index contributed by atoms with van der Waals surface area (Å²) in [4.78, 5) is 0. The predicted molar refractivity (Wildman–Crippen MR) is 91.4 cm³/mol. The third-order valence-corrected chi connectivity index (χ3v) is 8.88. The third kappa shape index (κ3) is 2.00. The van der Waals surface area contributed by atoms with Gasteiger partial charge in [-0.25, -0.2) is 0 Å². The fraction of sp³-hybridized carbons (Fsp3) is 0.905. The Labute approximate surface area is 136 Å². The summed E-state index contributed by atoms with van der Waals surface area (Å²) in [5, 5.41) is 9.45. The molecule has 4 aliphatic carbocycles. The standard InChI is InChI=1S/C21H34O/c1-20-12-4-3-5-15(20)6-8-17-18-9-7-16(11-14-22)21(18,2)13-10-19(17)20/h3-4,15-19,22H,5-14H2,1-2H3/t15?,16-,17+,18+,19+,20+,21-/m1/s1. The van der Waals surface area contributed by atoms with Gasteiger partial charge in [-0.3, -0.25) is 0 Å². The molecule has 124 valence electrons. The number of allylic oxidation sites excluding steroid dienone is 2. The molecule has 22 heavy (non-hydrogen) atoms. The van der Waals surface area contributed by atoms with Gasteiger partial charge in [0.1, 0.15) is 0 Å². The van der Waals surface area contributed by atoms with Gasteiger partial charge in [-0.1, -0.05) is 26.0 Å². The van der Waals surface area contributed by atoms with E-state index in [0.29, 0.717) is 17.4 Å². The first-order valence-corrected chi connectivity index (χ1v) is 9.85. The van der Waals surface area contributed by atoms with Gasteiger partial charge in [0.15, 0.2) is 0 Å². The van der Waals surface area contributed by atoms with Crippen LogP contribution in [0, 0.1) is 40.4 Å². The number of fused-ring (bicyclic) bond motifs is 5. The fourth-order valence-corrected chi connectivity index (χ4v) is 7.58. The fourth-order valence-electron chi connectivity index (χ4n) is 7.58. The number of aliphatic hydroxyl groups excluding tert-OH is 1. The Morgan fingerprint density at radius 2 is 1.77 bits per heavy atom. The number of hydrogen-bond acceptors (Lipinski definition) is 1. The van der Waals surface area contributed by atoms with Crippen molar-refractivity contribution in [2.45, 2.75) is 71.6 Å². The van der Waals surface area contributed by atoms with Crippen LogP contribution in [0.2, 0.25) is 0 Å². The molecule has 1 unspecified atom stereocenters. The molecule has 0 radical (unpaired) electrons. The van der Waals surface area contributed by atoms with Crippen molar-refractivity contribution in [2.75, 3.05) is 6.61 Å². The summed E-state index contributed by atoms with van der Waals surface area (Å²) >= 11 is 0. The minimum atomic E-state index is 0.394. The molecule has 1 nitrogen and oxygen atoms in total. The Kier molecular flexibility index (Phi) is 3.72. The lowest BCUT2D eigenvalue weighted by atomic mass is 9.45. The van der Waals surface area contributed by atoms with Gasteiger partial charge < -0.3 is 5.11 Å². The van der Waals surface area contributed by atoms with Crippen LogP contribution in [-0.2, 0) is 0 Å². The highest BCUT2D eigenvalue weighted by molar-refractivity contribution is 5.12. The number of hydrogen-bond donors (Lipinski definition) is 1. The first-order valence-electron chi connectivity index (χ1n) is 9.85. The molecule has 0 spiro atoms. The monoisotopic (exact) mass is 302 g/mol. The van der Waals surface area contributed by atoms with Crippen LogP contribution in [-0.4, -0.2) is 11.7 Å². The molecule has 1 N–H and O–H groups in total. The predicted octanol–water partition coefficient (Wildman–Crippen LogP) is 5.19. The molecule has 0 aromatic rings. The summed E-state index contributed by atoms with van der Waals surface area (Å²) in [7, 11) is 0. The molecule has 0 amide bonds. The van der Waals surface area contributed by atoms with E-state index in [9.17, 15) is 5.11 Å².